The number of pyridine rings is 2. The molecule has 0 radical (unpaired) electrons. The molecule has 0 aliphatic carbocycles. The van der Waals surface area contributed by atoms with Crippen LogP contribution in [0.15, 0.2) is 54.5 Å². The van der Waals surface area contributed by atoms with Gasteiger partial charge in [-0.25, -0.2) is 9.59 Å². The van der Waals surface area contributed by atoms with Crippen LogP contribution in [-0.2, 0) is 19.1 Å². The standard InChI is InChI=1S/C17H15N3O4/c1-17(2)23-15(21)12(16(22)24-17)10-19-11-6-7-14(20-9-11)13-5-3-4-8-18-13/h3-10,19H,1-2H3. The molecule has 0 unspecified atom stereocenters. The van der Waals surface area contributed by atoms with Gasteiger partial charge in [-0.15, -0.1) is 0 Å². The third-order valence-electron chi connectivity index (χ3n) is 3.19. The van der Waals surface area contributed by atoms with Crippen LogP contribution in [-0.4, -0.2) is 27.7 Å². The molecule has 2 aromatic heterocycles. The van der Waals surface area contributed by atoms with Crippen LogP contribution in [0.3, 0.4) is 0 Å². The highest BCUT2D eigenvalue weighted by Gasteiger charge is 2.38. The Hall–Kier alpha value is -3.22. The van der Waals surface area contributed by atoms with Gasteiger partial charge in [0.2, 0.25) is 0 Å². The second kappa shape index (κ2) is 6.11. The number of aromatic nitrogens is 2. The van der Waals surface area contributed by atoms with Crippen molar-refractivity contribution < 1.29 is 19.1 Å². The van der Waals surface area contributed by atoms with Crippen LogP contribution in [0.4, 0.5) is 5.69 Å². The van der Waals surface area contributed by atoms with Crippen molar-refractivity contribution in [3.05, 3.63) is 54.5 Å². The smallest absolute Gasteiger partial charge is 0.350 e. The number of hydrogen-bond donors (Lipinski definition) is 1. The Morgan fingerprint density at radius 3 is 2.29 bits per heavy atom. The maximum Gasteiger partial charge on any atom is 0.350 e. The first kappa shape index (κ1) is 15.7. The van der Waals surface area contributed by atoms with Gasteiger partial charge in [0.05, 0.1) is 23.3 Å². The molecule has 24 heavy (non-hydrogen) atoms. The number of anilines is 1. The lowest BCUT2D eigenvalue weighted by Gasteiger charge is -2.29. The van der Waals surface area contributed by atoms with Crippen molar-refractivity contribution in [2.75, 3.05) is 5.32 Å². The Morgan fingerprint density at radius 2 is 1.71 bits per heavy atom. The van der Waals surface area contributed by atoms with Crippen LogP contribution in [0.5, 0.6) is 0 Å². The van der Waals surface area contributed by atoms with Gasteiger partial charge in [0, 0.05) is 26.2 Å². The maximum atomic E-state index is 11.8. The van der Waals surface area contributed by atoms with Crippen molar-refractivity contribution in [2.45, 2.75) is 19.6 Å². The highest BCUT2D eigenvalue weighted by molar-refractivity contribution is 6.15. The highest BCUT2D eigenvalue weighted by atomic mass is 16.7. The Morgan fingerprint density at radius 1 is 1.00 bits per heavy atom. The van der Waals surface area contributed by atoms with Crippen LogP contribution in [0, 0.1) is 0 Å². The normalized spacial score (nSPS) is 16.2. The van der Waals surface area contributed by atoms with E-state index < -0.39 is 17.7 Å². The third-order valence-corrected chi connectivity index (χ3v) is 3.19. The fourth-order valence-corrected chi connectivity index (χ4v) is 2.08. The molecule has 0 amide bonds. The summed E-state index contributed by atoms with van der Waals surface area (Å²) in [5.41, 5.74) is 1.87. The van der Waals surface area contributed by atoms with E-state index in [0.717, 1.165) is 5.69 Å². The van der Waals surface area contributed by atoms with Crippen LogP contribution in [0.1, 0.15) is 13.8 Å². The molecular weight excluding hydrogens is 310 g/mol. The Bertz CT molecular complexity index is 776. The Labute approximate surface area is 138 Å². The second-order valence-electron chi connectivity index (χ2n) is 5.53. The van der Waals surface area contributed by atoms with Crippen molar-refractivity contribution in [2.24, 2.45) is 0 Å². The summed E-state index contributed by atoms with van der Waals surface area (Å²) in [5.74, 6) is -2.72. The lowest BCUT2D eigenvalue weighted by molar-refractivity contribution is -0.222. The van der Waals surface area contributed by atoms with Gasteiger partial charge in [-0.2, -0.15) is 0 Å². The number of hydrogen-bond acceptors (Lipinski definition) is 7. The van der Waals surface area contributed by atoms with Crippen LogP contribution in [0.2, 0.25) is 0 Å². The number of nitrogens with zero attached hydrogens (tertiary/aromatic N) is 2. The van der Waals surface area contributed by atoms with E-state index in [2.05, 4.69) is 15.3 Å². The van der Waals surface area contributed by atoms with Crippen LogP contribution < -0.4 is 5.32 Å². The number of carbonyl (C=O) groups excluding carboxylic acids is 2. The molecule has 1 saturated heterocycles. The summed E-state index contributed by atoms with van der Waals surface area (Å²) in [4.78, 5) is 32.2. The summed E-state index contributed by atoms with van der Waals surface area (Å²) >= 11 is 0. The van der Waals surface area contributed by atoms with Gasteiger partial charge in [0.1, 0.15) is 0 Å². The average molecular weight is 325 g/mol. The first-order valence-electron chi connectivity index (χ1n) is 7.25. The first-order valence-corrected chi connectivity index (χ1v) is 7.25. The van der Waals surface area contributed by atoms with E-state index in [4.69, 9.17) is 9.47 Å². The minimum Gasteiger partial charge on any atom is -0.419 e. The molecule has 2 aromatic rings. The summed E-state index contributed by atoms with van der Waals surface area (Å²) in [6.45, 7) is 2.99. The molecule has 1 aliphatic heterocycles. The molecule has 0 saturated carbocycles. The van der Waals surface area contributed by atoms with Crippen molar-refractivity contribution in [3.8, 4) is 11.4 Å². The topological polar surface area (TPSA) is 90.4 Å². The molecule has 3 rings (SSSR count). The summed E-state index contributed by atoms with van der Waals surface area (Å²) in [6, 6.07) is 9.10. The van der Waals surface area contributed by atoms with Gasteiger partial charge in [0.25, 0.3) is 5.79 Å². The van der Waals surface area contributed by atoms with E-state index in [1.54, 1.807) is 24.5 Å². The minimum atomic E-state index is -1.25. The van der Waals surface area contributed by atoms with E-state index >= 15 is 0 Å². The SMILES string of the molecule is CC1(C)OC(=O)C(=CNc2ccc(-c3ccccn3)nc2)C(=O)O1. The van der Waals surface area contributed by atoms with Gasteiger partial charge in [-0.05, 0) is 24.3 Å². The first-order chi connectivity index (χ1) is 11.4. The second-order valence-corrected chi connectivity index (χ2v) is 5.53. The lowest BCUT2D eigenvalue weighted by Crippen LogP contribution is -2.42. The zero-order valence-electron chi connectivity index (χ0n) is 13.1. The van der Waals surface area contributed by atoms with Crippen molar-refractivity contribution in [1.82, 2.24) is 9.97 Å². The van der Waals surface area contributed by atoms with Gasteiger partial charge in [0.15, 0.2) is 5.57 Å². The molecule has 7 heteroatoms. The molecule has 0 atom stereocenters. The lowest BCUT2D eigenvalue weighted by atomic mass is 10.2. The molecular formula is C17H15N3O4. The Kier molecular flexibility index (Phi) is 3.99. The van der Waals surface area contributed by atoms with E-state index in [1.165, 1.54) is 20.0 Å². The monoisotopic (exact) mass is 325 g/mol. The number of rotatable bonds is 3. The van der Waals surface area contributed by atoms with Crippen LogP contribution in [0.25, 0.3) is 11.4 Å². The molecule has 1 fully saturated rings. The van der Waals surface area contributed by atoms with Gasteiger partial charge >= 0.3 is 11.9 Å². The molecule has 0 spiro atoms. The van der Waals surface area contributed by atoms with Crippen molar-refractivity contribution in [3.63, 3.8) is 0 Å². The number of esters is 2. The average Bonchev–Trinajstić information content (AvgIpc) is 2.54. The van der Waals surface area contributed by atoms with E-state index in [-0.39, 0.29) is 5.57 Å². The third kappa shape index (κ3) is 3.40. The quantitative estimate of drug-likeness (QED) is 0.526. The van der Waals surface area contributed by atoms with Gasteiger partial charge in [-0.3, -0.25) is 9.97 Å². The van der Waals surface area contributed by atoms with E-state index in [9.17, 15) is 9.59 Å². The zero-order chi connectivity index (χ0) is 17.2. The highest BCUT2D eigenvalue weighted by Crippen LogP contribution is 2.23. The number of nitrogens with one attached hydrogen (secondary N) is 1. The Balaban J connectivity index is 1.73. The molecule has 3 heterocycles. The molecule has 0 bridgehead atoms. The van der Waals surface area contributed by atoms with Crippen LogP contribution >= 0.6 is 0 Å². The zero-order valence-corrected chi connectivity index (χ0v) is 13.1. The number of ether oxygens (including phenoxy) is 2. The van der Waals surface area contributed by atoms with E-state index in [1.807, 2.05) is 18.2 Å². The minimum absolute atomic E-state index is 0.205. The summed E-state index contributed by atoms with van der Waals surface area (Å²) in [7, 11) is 0. The van der Waals surface area contributed by atoms with Gasteiger partial charge < -0.3 is 14.8 Å². The number of carbonyl (C=O) groups is 2. The number of cyclic esters (lactones) is 2. The van der Waals surface area contributed by atoms with Crippen molar-refractivity contribution in [1.29, 1.82) is 0 Å². The summed E-state index contributed by atoms with van der Waals surface area (Å²) in [5, 5.41) is 2.83. The molecule has 0 aromatic carbocycles. The summed E-state index contributed by atoms with van der Waals surface area (Å²) < 4.78 is 10.0. The van der Waals surface area contributed by atoms with Crippen molar-refractivity contribution >= 4 is 17.6 Å². The van der Waals surface area contributed by atoms with E-state index in [0.29, 0.717) is 11.4 Å². The molecule has 1 aliphatic rings. The van der Waals surface area contributed by atoms with Gasteiger partial charge in [-0.1, -0.05) is 6.07 Å². The maximum absolute atomic E-state index is 11.8. The predicted octanol–water partition coefficient (Wildman–Crippen LogP) is 2.28. The molecule has 1 N–H and O–H groups in total. The summed E-state index contributed by atoms with van der Waals surface area (Å²) in [6.07, 6.45) is 4.51. The fraction of sp³-hybridized carbons (Fsp3) is 0.176. The predicted molar refractivity (Wildman–Crippen MR) is 85.4 cm³/mol. The fourth-order valence-electron chi connectivity index (χ4n) is 2.08. The largest absolute Gasteiger partial charge is 0.419 e. The molecule has 122 valence electrons. The molecule has 7 nitrogen and oxygen atoms in total.